The van der Waals surface area contributed by atoms with Gasteiger partial charge in [0.05, 0.1) is 22.4 Å². The van der Waals surface area contributed by atoms with Crippen LogP contribution in [0.15, 0.2) is 71.6 Å². The zero-order chi connectivity index (χ0) is 24.1. The Bertz CT molecular complexity index is 1030. The fourth-order valence-corrected chi connectivity index (χ4v) is 8.16. The van der Waals surface area contributed by atoms with Crippen molar-refractivity contribution in [1.29, 1.82) is 0 Å². The van der Waals surface area contributed by atoms with Crippen LogP contribution in [0.1, 0.15) is 45.3 Å². The number of aryl methyl sites for hydroxylation is 1. The lowest BCUT2D eigenvalue weighted by Gasteiger charge is -2.40. The molecule has 174 valence electrons. The first-order valence-corrected chi connectivity index (χ1v) is 13.9. The van der Waals surface area contributed by atoms with Crippen molar-refractivity contribution < 1.29 is 13.6 Å². The van der Waals surface area contributed by atoms with Crippen LogP contribution < -0.4 is 10.4 Å². The molecule has 0 bridgehead atoms. The van der Waals surface area contributed by atoms with Gasteiger partial charge in [0.15, 0.2) is 0 Å². The number of hydrogen-bond donors (Lipinski definition) is 0. The Hall–Kier alpha value is -2.38. The Morgan fingerprint density at radius 1 is 1.03 bits per heavy atom. The maximum absolute atomic E-state index is 12.0. The summed E-state index contributed by atoms with van der Waals surface area (Å²) >= 11 is 1.60. The summed E-state index contributed by atoms with van der Waals surface area (Å²) in [6.07, 6.45) is 2.51. The molecule has 2 atom stereocenters. The molecule has 0 fully saturated rings. The van der Waals surface area contributed by atoms with Crippen LogP contribution in [0.5, 0.6) is 0 Å². The third-order valence-corrected chi connectivity index (χ3v) is 9.67. The van der Waals surface area contributed by atoms with Gasteiger partial charge in [0.2, 0.25) is 0 Å². The average Bonchev–Trinajstić information content (AvgIpc) is 3.20. The zero-order valence-corrected chi connectivity index (χ0v) is 22.1. The summed E-state index contributed by atoms with van der Waals surface area (Å²) in [6.45, 7) is 12.0. The van der Waals surface area contributed by atoms with Gasteiger partial charge in [-0.2, -0.15) is 0 Å². The van der Waals surface area contributed by atoms with Gasteiger partial charge in [0.1, 0.15) is 6.29 Å². The van der Waals surface area contributed by atoms with Crippen LogP contribution in [0.25, 0.3) is 6.08 Å². The molecule has 0 aliphatic rings. The van der Waals surface area contributed by atoms with E-state index in [4.69, 9.17) is 8.85 Å². The molecule has 3 rings (SSSR count). The molecule has 1 heterocycles. The van der Waals surface area contributed by atoms with Crippen molar-refractivity contribution in [3.05, 3.63) is 82.3 Å². The van der Waals surface area contributed by atoms with Gasteiger partial charge in [-0.25, -0.2) is 4.98 Å². The van der Waals surface area contributed by atoms with E-state index in [-0.39, 0.29) is 5.92 Å². The van der Waals surface area contributed by atoms with Crippen molar-refractivity contribution >= 4 is 42.6 Å². The van der Waals surface area contributed by atoms with Crippen LogP contribution in [0, 0.1) is 12.8 Å². The van der Waals surface area contributed by atoms with E-state index < -0.39 is 20.3 Å². The summed E-state index contributed by atoms with van der Waals surface area (Å²) in [5, 5.41) is 5.04. The van der Waals surface area contributed by atoms with Gasteiger partial charge >= 0.3 is 8.56 Å². The molecule has 0 radical (unpaired) electrons. The predicted octanol–water partition coefficient (Wildman–Crippen LogP) is 5.15. The number of benzene rings is 2. The lowest BCUT2D eigenvalue weighted by atomic mass is 9.99. The number of carbonyl (C=O) groups excluding carboxylic acids is 1. The van der Waals surface area contributed by atoms with Crippen molar-refractivity contribution in [2.45, 2.75) is 53.2 Å². The molecule has 0 unspecified atom stereocenters. The SMILES string of the molecule is C/C(=C\c1csc(C)n1)[C@@H](O[Si](OC(C)(C)C)(c1ccccc1)c1ccccc1)[C@H](C)C=O. The molecule has 6 heteroatoms. The summed E-state index contributed by atoms with van der Waals surface area (Å²) < 4.78 is 14.0. The van der Waals surface area contributed by atoms with Crippen LogP contribution in [0.2, 0.25) is 0 Å². The summed E-state index contributed by atoms with van der Waals surface area (Å²) in [4.78, 5) is 16.6. The quantitative estimate of drug-likeness (QED) is 0.315. The molecule has 33 heavy (non-hydrogen) atoms. The fourth-order valence-electron chi connectivity index (χ4n) is 3.82. The van der Waals surface area contributed by atoms with E-state index >= 15 is 0 Å². The number of aldehydes is 1. The Labute approximate surface area is 202 Å². The summed E-state index contributed by atoms with van der Waals surface area (Å²) in [6, 6.07) is 20.3. The van der Waals surface area contributed by atoms with E-state index in [1.54, 1.807) is 11.3 Å². The highest BCUT2D eigenvalue weighted by atomic mass is 32.1. The Morgan fingerprint density at radius 3 is 2.00 bits per heavy atom. The minimum Gasteiger partial charge on any atom is -0.383 e. The van der Waals surface area contributed by atoms with E-state index in [9.17, 15) is 4.79 Å². The van der Waals surface area contributed by atoms with Crippen molar-refractivity contribution in [3.8, 4) is 0 Å². The number of rotatable bonds is 9. The lowest BCUT2D eigenvalue weighted by Crippen LogP contribution is -2.67. The second-order valence-corrected chi connectivity index (χ2v) is 13.2. The van der Waals surface area contributed by atoms with Gasteiger partial charge in [-0.3, -0.25) is 0 Å². The maximum Gasteiger partial charge on any atom is 0.408 e. The average molecular weight is 480 g/mol. The molecule has 0 aliphatic heterocycles. The first-order chi connectivity index (χ1) is 15.6. The van der Waals surface area contributed by atoms with E-state index in [1.807, 2.05) is 89.4 Å². The summed E-state index contributed by atoms with van der Waals surface area (Å²) in [7, 11) is -3.22. The standard InChI is InChI=1S/C27H33NO3SSi/c1-20(17-23-19-32-22(3)28-23)26(21(2)18-29)30-33(31-27(4,5)6,24-13-9-7-10-14-24)25-15-11-8-12-16-25/h7-19,21,26H,1-6H3/b20-17+/t21-,26-/m1/s1. The molecular formula is C27H33NO3SSi. The molecule has 1 aromatic heterocycles. The highest BCUT2D eigenvalue weighted by Gasteiger charge is 2.48. The van der Waals surface area contributed by atoms with E-state index in [1.165, 1.54) is 0 Å². The van der Waals surface area contributed by atoms with Crippen LogP contribution in [-0.2, 0) is 13.6 Å². The van der Waals surface area contributed by atoms with Crippen molar-refractivity contribution in [3.63, 3.8) is 0 Å². The number of nitrogens with zero attached hydrogens (tertiary/aromatic N) is 1. The first-order valence-electron chi connectivity index (χ1n) is 11.2. The summed E-state index contributed by atoms with van der Waals surface area (Å²) in [5.74, 6) is -0.358. The van der Waals surface area contributed by atoms with Crippen LogP contribution in [0.3, 0.4) is 0 Å². The fraction of sp³-hybridized carbons (Fsp3) is 0.333. The van der Waals surface area contributed by atoms with E-state index in [0.717, 1.165) is 32.9 Å². The highest BCUT2D eigenvalue weighted by Crippen LogP contribution is 2.27. The van der Waals surface area contributed by atoms with Crippen molar-refractivity contribution in [2.24, 2.45) is 5.92 Å². The van der Waals surface area contributed by atoms with Crippen LogP contribution >= 0.6 is 11.3 Å². The third kappa shape index (κ3) is 6.36. The molecular weight excluding hydrogens is 446 g/mol. The number of thiazole rings is 1. The minimum atomic E-state index is -3.22. The lowest BCUT2D eigenvalue weighted by molar-refractivity contribution is -0.112. The summed E-state index contributed by atoms with van der Waals surface area (Å²) in [5.41, 5.74) is 1.36. The van der Waals surface area contributed by atoms with Crippen molar-refractivity contribution in [1.82, 2.24) is 4.98 Å². The monoisotopic (exact) mass is 479 g/mol. The second kappa shape index (κ2) is 10.7. The van der Waals surface area contributed by atoms with Gasteiger partial charge in [0, 0.05) is 11.3 Å². The molecule has 0 aliphatic carbocycles. The Morgan fingerprint density at radius 2 is 1.58 bits per heavy atom. The molecule has 0 amide bonds. The zero-order valence-electron chi connectivity index (χ0n) is 20.2. The smallest absolute Gasteiger partial charge is 0.383 e. The normalized spacial score (nSPS) is 14.7. The van der Waals surface area contributed by atoms with Gasteiger partial charge in [-0.15, -0.1) is 11.3 Å². The highest BCUT2D eigenvalue weighted by molar-refractivity contribution is 7.09. The van der Waals surface area contributed by atoms with Crippen LogP contribution in [-0.4, -0.2) is 31.5 Å². The minimum absolute atomic E-state index is 0.358. The van der Waals surface area contributed by atoms with E-state index in [0.29, 0.717) is 0 Å². The Balaban J connectivity index is 2.19. The predicted molar refractivity (Wildman–Crippen MR) is 139 cm³/mol. The van der Waals surface area contributed by atoms with Gasteiger partial charge in [-0.05, 0) is 56.6 Å². The molecule has 2 aromatic carbocycles. The van der Waals surface area contributed by atoms with E-state index in [2.05, 4.69) is 29.2 Å². The third-order valence-electron chi connectivity index (χ3n) is 5.20. The van der Waals surface area contributed by atoms with Crippen molar-refractivity contribution in [2.75, 3.05) is 0 Å². The number of hydrogen-bond acceptors (Lipinski definition) is 5. The van der Waals surface area contributed by atoms with Gasteiger partial charge in [-0.1, -0.05) is 67.6 Å². The topological polar surface area (TPSA) is 48.4 Å². The molecule has 0 saturated heterocycles. The molecule has 3 aromatic rings. The molecule has 0 saturated carbocycles. The molecule has 4 nitrogen and oxygen atoms in total. The second-order valence-electron chi connectivity index (χ2n) is 9.28. The van der Waals surface area contributed by atoms with Gasteiger partial charge in [0.25, 0.3) is 0 Å². The number of carbonyl (C=O) groups is 1. The van der Waals surface area contributed by atoms with Gasteiger partial charge < -0.3 is 13.6 Å². The maximum atomic E-state index is 12.0. The largest absolute Gasteiger partial charge is 0.408 e. The molecule has 0 spiro atoms. The molecule has 0 N–H and O–H groups in total. The number of aromatic nitrogens is 1. The first kappa shape index (κ1) is 25.2. The van der Waals surface area contributed by atoms with Crippen LogP contribution in [0.4, 0.5) is 0 Å². The Kier molecular flexibility index (Phi) is 8.18.